The normalized spacial score (nSPS) is 11.5. The van der Waals surface area contributed by atoms with E-state index in [4.69, 9.17) is 0 Å². The van der Waals surface area contributed by atoms with Gasteiger partial charge < -0.3 is 4.57 Å². The zero-order chi connectivity index (χ0) is 15.0. The van der Waals surface area contributed by atoms with Crippen LogP contribution >= 0.6 is 0 Å². The molecular formula is C19H17N3. The predicted octanol–water partition coefficient (Wildman–Crippen LogP) is 4.35. The average Bonchev–Trinajstić information content (AvgIpc) is 3.07. The number of aromatic nitrogens is 2. The molecule has 108 valence electrons. The summed E-state index contributed by atoms with van der Waals surface area (Å²) in [7, 11) is 0. The molecule has 0 N–H and O–H groups in total. The lowest BCUT2D eigenvalue weighted by Crippen LogP contribution is -1.95. The maximum Gasteiger partial charge on any atom is 0.0949 e. The summed E-state index contributed by atoms with van der Waals surface area (Å²) in [6.45, 7) is 0.831. The molecule has 1 aromatic heterocycles. The van der Waals surface area contributed by atoms with Crippen LogP contribution < -0.4 is 0 Å². The first-order valence-corrected chi connectivity index (χ1v) is 7.21. The van der Waals surface area contributed by atoms with Crippen LogP contribution in [0.1, 0.15) is 11.1 Å². The van der Waals surface area contributed by atoms with Crippen molar-refractivity contribution >= 4 is 18.0 Å². The van der Waals surface area contributed by atoms with Crippen molar-refractivity contribution in [2.75, 3.05) is 0 Å². The molecule has 22 heavy (non-hydrogen) atoms. The molecule has 1 heterocycles. The van der Waals surface area contributed by atoms with Crippen LogP contribution in [0, 0.1) is 0 Å². The van der Waals surface area contributed by atoms with Crippen molar-refractivity contribution in [2.24, 2.45) is 4.99 Å². The molecule has 0 radical (unpaired) electrons. The number of benzene rings is 2. The molecule has 3 heteroatoms. The molecule has 3 rings (SSSR count). The fourth-order valence-corrected chi connectivity index (χ4v) is 2.13. The van der Waals surface area contributed by atoms with Gasteiger partial charge >= 0.3 is 0 Å². The molecule has 0 aliphatic rings. The molecule has 0 saturated carbocycles. The first-order chi connectivity index (χ1) is 10.9. The lowest BCUT2D eigenvalue weighted by atomic mass is 10.2. The highest BCUT2D eigenvalue weighted by Gasteiger charge is 1.94. The van der Waals surface area contributed by atoms with Crippen LogP contribution in [-0.4, -0.2) is 15.8 Å². The third-order valence-corrected chi connectivity index (χ3v) is 3.26. The number of rotatable bonds is 5. The van der Waals surface area contributed by atoms with E-state index in [0.717, 1.165) is 12.2 Å². The highest BCUT2D eigenvalue weighted by molar-refractivity contribution is 5.80. The van der Waals surface area contributed by atoms with Crippen molar-refractivity contribution in [3.8, 4) is 0 Å². The Balaban J connectivity index is 1.59. The summed E-state index contributed by atoms with van der Waals surface area (Å²) in [5, 5.41) is 0. The molecule has 0 fully saturated rings. The summed E-state index contributed by atoms with van der Waals surface area (Å²) in [4.78, 5) is 8.47. The first kappa shape index (κ1) is 14.0. The van der Waals surface area contributed by atoms with Crippen molar-refractivity contribution in [1.29, 1.82) is 0 Å². The quantitative estimate of drug-likeness (QED) is 0.642. The maximum atomic E-state index is 4.43. The fraction of sp³-hybridized carbons (Fsp3) is 0.0526. The van der Waals surface area contributed by atoms with E-state index in [-0.39, 0.29) is 0 Å². The third-order valence-electron chi connectivity index (χ3n) is 3.26. The van der Waals surface area contributed by atoms with E-state index in [0.29, 0.717) is 0 Å². The van der Waals surface area contributed by atoms with Gasteiger partial charge in [0, 0.05) is 25.2 Å². The van der Waals surface area contributed by atoms with E-state index >= 15 is 0 Å². The highest BCUT2D eigenvalue weighted by Crippen LogP contribution is 2.13. The van der Waals surface area contributed by atoms with Crippen LogP contribution in [0.4, 0.5) is 5.69 Å². The van der Waals surface area contributed by atoms with Gasteiger partial charge in [-0.2, -0.15) is 0 Å². The summed E-state index contributed by atoms with van der Waals surface area (Å²) < 4.78 is 2.04. The SMILES string of the molecule is C(/C=C/c1ccccc1)=Nc1ccc(Cn2ccnc2)cc1. The van der Waals surface area contributed by atoms with E-state index in [1.807, 2.05) is 65.8 Å². The summed E-state index contributed by atoms with van der Waals surface area (Å²) in [5.41, 5.74) is 3.36. The van der Waals surface area contributed by atoms with Gasteiger partial charge in [0.15, 0.2) is 0 Å². The standard InChI is InChI=1S/C19H17N3/c1-2-5-17(6-3-1)7-4-12-21-19-10-8-18(9-11-19)15-22-14-13-20-16-22/h1-14,16H,15H2/b7-4+,21-12?. The Morgan fingerprint density at radius 1 is 1.00 bits per heavy atom. The number of hydrogen-bond acceptors (Lipinski definition) is 2. The van der Waals surface area contributed by atoms with Crippen LogP contribution in [-0.2, 0) is 6.54 Å². The van der Waals surface area contributed by atoms with Crippen LogP contribution in [0.25, 0.3) is 6.08 Å². The summed E-state index contributed by atoms with van der Waals surface area (Å²) in [6, 6.07) is 18.4. The van der Waals surface area contributed by atoms with Crippen molar-refractivity contribution in [3.63, 3.8) is 0 Å². The minimum Gasteiger partial charge on any atom is -0.333 e. The summed E-state index contributed by atoms with van der Waals surface area (Å²) in [6.07, 6.45) is 11.4. The minimum atomic E-state index is 0.831. The zero-order valence-corrected chi connectivity index (χ0v) is 12.2. The molecule has 0 atom stereocenters. The van der Waals surface area contributed by atoms with Gasteiger partial charge in [0.2, 0.25) is 0 Å². The lowest BCUT2D eigenvalue weighted by Gasteiger charge is -2.02. The van der Waals surface area contributed by atoms with Crippen molar-refractivity contribution in [3.05, 3.63) is 90.5 Å². The number of imidazole rings is 1. The molecule has 0 saturated heterocycles. The molecule has 2 aromatic carbocycles. The first-order valence-electron chi connectivity index (χ1n) is 7.21. The van der Waals surface area contributed by atoms with Gasteiger partial charge in [0.05, 0.1) is 12.0 Å². The Bertz CT molecular complexity index is 739. The molecule has 0 aliphatic heterocycles. The zero-order valence-electron chi connectivity index (χ0n) is 12.2. The molecule has 0 unspecified atom stereocenters. The Labute approximate surface area is 130 Å². The van der Waals surface area contributed by atoms with E-state index in [9.17, 15) is 0 Å². The van der Waals surface area contributed by atoms with Gasteiger partial charge in [0.1, 0.15) is 0 Å². The predicted molar refractivity (Wildman–Crippen MR) is 91.4 cm³/mol. The molecule has 3 nitrogen and oxygen atoms in total. The molecule has 0 bridgehead atoms. The smallest absolute Gasteiger partial charge is 0.0949 e. The van der Waals surface area contributed by atoms with Gasteiger partial charge in [-0.25, -0.2) is 4.98 Å². The van der Waals surface area contributed by atoms with Crippen LogP contribution in [0.5, 0.6) is 0 Å². The largest absolute Gasteiger partial charge is 0.333 e. The second kappa shape index (κ2) is 7.18. The second-order valence-corrected chi connectivity index (χ2v) is 4.95. The van der Waals surface area contributed by atoms with Crippen LogP contribution in [0.3, 0.4) is 0 Å². The van der Waals surface area contributed by atoms with Crippen LogP contribution in [0.15, 0.2) is 84.4 Å². The highest BCUT2D eigenvalue weighted by atomic mass is 15.0. The van der Waals surface area contributed by atoms with Gasteiger partial charge in [0.25, 0.3) is 0 Å². The van der Waals surface area contributed by atoms with Crippen molar-refractivity contribution < 1.29 is 0 Å². The third kappa shape index (κ3) is 4.03. The Kier molecular flexibility index (Phi) is 4.57. The molecule has 0 spiro atoms. The van der Waals surface area contributed by atoms with Gasteiger partial charge in [-0.1, -0.05) is 48.5 Å². The van der Waals surface area contributed by atoms with Gasteiger partial charge in [-0.15, -0.1) is 0 Å². The van der Waals surface area contributed by atoms with Crippen molar-refractivity contribution in [1.82, 2.24) is 9.55 Å². The van der Waals surface area contributed by atoms with Crippen LogP contribution in [0.2, 0.25) is 0 Å². The van der Waals surface area contributed by atoms with E-state index in [2.05, 4.69) is 34.2 Å². The fourth-order valence-electron chi connectivity index (χ4n) is 2.13. The van der Waals surface area contributed by atoms with E-state index < -0.39 is 0 Å². The summed E-state index contributed by atoms with van der Waals surface area (Å²) in [5.74, 6) is 0. The van der Waals surface area contributed by atoms with E-state index in [1.165, 1.54) is 11.1 Å². The average molecular weight is 287 g/mol. The Morgan fingerprint density at radius 2 is 1.82 bits per heavy atom. The molecular weight excluding hydrogens is 270 g/mol. The van der Waals surface area contributed by atoms with E-state index in [1.54, 1.807) is 6.20 Å². The Hall–Kier alpha value is -2.94. The minimum absolute atomic E-state index is 0.831. The monoisotopic (exact) mass is 287 g/mol. The van der Waals surface area contributed by atoms with Gasteiger partial charge in [-0.3, -0.25) is 4.99 Å². The second-order valence-electron chi connectivity index (χ2n) is 4.95. The lowest BCUT2D eigenvalue weighted by molar-refractivity contribution is 0.797. The number of hydrogen-bond donors (Lipinski definition) is 0. The number of aliphatic imine (C=N–C) groups is 1. The molecule has 3 aromatic rings. The summed E-state index contributed by atoms with van der Waals surface area (Å²) >= 11 is 0. The number of nitrogens with zero attached hydrogens (tertiary/aromatic N) is 3. The Morgan fingerprint density at radius 3 is 2.55 bits per heavy atom. The maximum absolute atomic E-state index is 4.43. The molecule has 0 amide bonds. The number of allylic oxidation sites excluding steroid dienone is 1. The van der Waals surface area contributed by atoms with Gasteiger partial charge in [-0.05, 0) is 29.3 Å². The molecule has 0 aliphatic carbocycles. The topological polar surface area (TPSA) is 30.2 Å². The van der Waals surface area contributed by atoms with Crippen molar-refractivity contribution in [2.45, 2.75) is 6.54 Å².